The molecule has 0 radical (unpaired) electrons. The van der Waals surface area contributed by atoms with Crippen LogP contribution in [0.1, 0.15) is 30.3 Å². The van der Waals surface area contributed by atoms with Gasteiger partial charge in [-0.05, 0) is 25.5 Å². The minimum absolute atomic E-state index is 0.151. The Balaban J connectivity index is 2.57. The fraction of sp³-hybridized carbons (Fsp3) is 0.250. The minimum Gasteiger partial charge on any atom is -0.478 e. The first-order valence-corrected chi connectivity index (χ1v) is 5.43. The maximum absolute atomic E-state index is 11.7. The number of carbonyl (C=O) groups is 2. The van der Waals surface area contributed by atoms with Crippen LogP contribution >= 0.6 is 11.6 Å². The molecule has 1 heterocycles. The Bertz CT molecular complexity index is 469. The van der Waals surface area contributed by atoms with E-state index in [1.54, 1.807) is 6.07 Å². The van der Waals surface area contributed by atoms with E-state index in [-0.39, 0.29) is 17.8 Å². The van der Waals surface area contributed by atoms with Crippen LogP contribution in [0.5, 0.6) is 0 Å². The van der Waals surface area contributed by atoms with Gasteiger partial charge in [0.15, 0.2) is 5.78 Å². The van der Waals surface area contributed by atoms with Crippen molar-refractivity contribution < 1.29 is 14.7 Å². The zero-order valence-corrected chi connectivity index (χ0v) is 10.1. The second-order valence-corrected chi connectivity index (χ2v) is 3.95. The van der Waals surface area contributed by atoms with Crippen LogP contribution in [-0.4, -0.2) is 21.8 Å². The molecule has 0 saturated carbocycles. The van der Waals surface area contributed by atoms with E-state index < -0.39 is 5.97 Å². The summed E-state index contributed by atoms with van der Waals surface area (Å²) in [5, 5.41) is 9.08. The van der Waals surface area contributed by atoms with Gasteiger partial charge in [-0.25, -0.2) is 4.79 Å². The lowest BCUT2D eigenvalue weighted by Crippen LogP contribution is -2.02. The predicted octanol–water partition coefficient (Wildman–Crippen LogP) is 2.73. The molecular weight excluding hydrogens is 242 g/mol. The fourth-order valence-electron chi connectivity index (χ4n) is 1.19. The molecule has 4 nitrogen and oxygen atoms in total. The molecule has 17 heavy (non-hydrogen) atoms. The van der Waals surface area contributed by atoms with Gasteiger partial charge < -0.3 is 5.11 Å². The highest BCUT2D eigenvalue weighted by Crippen LogP contribution is 2.11. The quantitative estimate of drug-likeness (QED) is 0.647. The number of ketones is 1. The van der Waals surface area contributed by atoms with Crippen LogP contribution in [0.15, 0.2) is 30.0 Å². The molecule has 0 aliphatic carbocycles. The molecule has 0 aromatic carbocycles. The summed E-state index contributed by atoms with van der Waals surface area (Å²) >= 11 is 5.73. The van der Waals surface area contributed by atoms with E-state index in [1.807, 2.05) is 0 Å². The largest absolute Gasteiger partial charge is 0.478 e. The number of hydrogen-bond donors (Lipinski definition) is 1. The van der Waals surface area contributed by atoms with Gasteiger partial charge in [0.25, 0.3) is 0 Å². The zero-order valence-electron chi connectivity index (χ0n) is 9.31. The second kappa shape index (κ2) is 6.15. The van der Waals surface area contributed by atoms with Gasteiger partial charge in [0.05, 0.1) is 0 Å². The number of allylic oxidation sites excluding steroid dienone is 1. The highest BCUT2D eigenvalue weighted by atomic mass is 35.5. The smallest absolute Gasteiger partial charge is 0.330 e. The molecule has 0 aliphatic rings. The molecule has 0 spiro atoms. The maximum atomic E-state index is 11.7. The van der Waals surface area contributed by atoms with Crippen LogP contribution in [-0.2, 0) is 4.79 Å². The third kappa shape index (κ3) is 4.36. The predicted molar refractivity (Wildman–Crippen MR) is 64.2 cm³/mol. The molecule has 90 valence electrons. The highest BCUT2D eigenvalue weighted by Gasteiger charge is 2.07. The number of halogens is 1. The molecule has 0 bridgehead atoms. The number of carboxylic acids is 1. The second-order valence-electron chi connectivity index (χ2n) is 3.51. The number of hydrogen-bond acceptors (Lipinski definition) is 3. The fourth-order valence-corrected chi connectivity index (χ4v) is 1.35. The van der Waals surface area contributed by atoms with Crippen LogP contribution in [0.4, 0.5) is 0 Å². The number of carbonyl (C=O) groups excluding carboxylic acids is 1. The number of carboxylic acid groups (broad SMARTS) is 1. The van der Waals surface area contributed by atoms with Gasteiger partial charge in [-0.1, -0.05) is 17.7 Å². The average Bonchev–Trinajstić information content (AvgIpc) is 2.28. The Morgan fingerprint density at radius 1 is 1.53 bits per heavy atom. The Kier molecular flexibility index (Phi) is 4.84. The van der Waals surface area contributed by atoms with Crippen LogP contribution in [0.2, 0.25) is 5.02 Å². The Labute approximate surface area is 104 Å². The summed E-state index contributed by atoms with van der Waals surface area (Å²) in [4.78, 5) is 26.1. The number of aliphatic carboxylic acids is 1. The van der Waals surface area contributed by atoms with E-state index in [9.17, 15) is 9.59 Å². The molecule has 1 aromatic heterocycles. The van der Waals surface area contributed by atoms with E-state index in [4.69, 9.17) is 16.7 Å². The lowest BCUT2D eigenvalue weighted by molar-refractivity contribution is -0.132. The SMILES string of the molecule is C/C(=C/CCC(=O)c1cc(Cl)ccn1)C(=O)O. The van der Waals surface area contributed by atoms with Crippen molar-refractivity contribution in [1.82, 2.24) is 4.98 Å². The van der Waals surface area contributed by atoms with Crippen LogP contribution in [0.3, 0.4) is 0 Å². The van der Waals surface area contributed by atoms with E-state index >= 15 is 0 Å². The van der Waals surface area contributed by atoms with Crippen molar-refractivity contribution in [1.29, 1.82) is 0 Å². The lowest BCUT2D eigenvalue weighted by Gasteiger charge is -1.99. The van der Waals surface area contributed by atoms with Gasteiger partial charge in [0, 0.05) is 23.2 Å². The van der Waals surface area contributed by atoms with Crippen molar-refractivity contribution in [3.8, 4) is 0 Å². The maximum Gasteiger partial charge on any atom is 0.330 e. The molecule has 1 rings (SSSR count). The summed E-state index contributed by atoms with van der Waals surface area (Å²) in [7, 11) is 0. The first-order chi connectivity index (χ1) is 8.00. The number of rotatable bonds is 5. The number of nitrogens with zero attached hydrogens (tertiary/aromatic N) is 1. The van der Waals surface area contributed by atoms with Crippen molar-refractivity contribution in [2.24, 2.45) is 0 Å². The Morgan fingerprint density at radius 2 is 2.24 bits per heavy atom. The molecule has 0 fully saturated rings. The summed E-state index contributed by atoms with van der Waals surface area (Å²) < 4.78 is 0. The molecular formula is C12H12ClNO3. The van der Waals surface area contributed by atoms with Gasteiger partial charge in [-0.3, -0.25) is 9.78 Å². The Morgan fingerprint density at radius 3 is 2.82 bits per heavy atom. The number of Topliss-reactive ketones (excluding diaryl/α,β-unsaturated/α-hetero) is 1. The topological polar surface area (TPSA) is 67.3 Å². The number of aromatic nitrogens is 1. The summed E-state index contributed by atoms with van der Waals surface area (Å²) in [6.07, 6.45) is 3.59. The molecule has 5 heteroatoms. The molecule has 0 amide bonds. The summed E-state index contributed by atoms with van der Waals surface area (Å²) in [6, 6.07) is 3.09. The number of pyridine rings is 1. The summed E-state index contributed by atoms with van der Waals surface area (Å²) in [5.41, 5.74) is 0.538. The zero-order chi connectivity index (χ0) is 12.8. The van der Waals surface area contributed by atoms with Crippen LogP contribution < -0.4 is 0 Å². The summed E-state index contributed by atoms with van der Waals surface area (Å²) in [5.74, 6) is -1.12. The molecule has 1 N–H and O–H groups in total. The van der Waals surface area contributed by atoms with E-state index in [1.165, 1.54) is 25.3 Å². The third-order valence-corrected chi connectivity index (χ3v) is 2.40. The average molecular weight is 254 g/mol. The molecule has 0 saturated heterocycles. The molecule has 1 aromatic rings. The Hall–Kier alpha value is -1.68. The van der Waals surface area contributed by atoms with Crippen molar-refractivity contribution >= 4 is 23.4 Å². The highest BCUT2D eigenvalue weighted by molar-refractivity contribution is 6.30. The van der Waals surface area contributed by atoms with Crippen molar-refractivity contribution in [3.05, 3.63) is 40.7 Å². The minimum atomic E-state index is -0.974. The van der Waals surface area contributed by atoms with Gasteiger partial charge in [-0.2, -0.15) is 0 Å². The van der Waals surface area contributed by atoms with Crippen LogP contribution in [0.25, 0.3) is 0 Å². The molecule has 0 unspecified atom stereocenters. The lowest BCUT2D eigenvalue weighted by atomic mass is 10.1. The van der Waals surface area contributed by atoms with E-state index in [2.05, 4.69) is 4.98 Å². The normalized spacial score (nSPS) is 11.3. The van der Waals surface area contributed by atoms with Gasteiger partial charge in [-0.15, -0.1) is 0 Å². The first-order valence-electron chi connectivity index (χ1n) is 5.05. The standard InChI is InChI=1S/C12H12ClNO3/c1-8(12(16)17)3-2-4-11(15)10-7-9(13)5-6-14-10/h3,5-7H,2,4H2,1H3,(H,16,17)/b8-3-. The molecule has 0 atom stereocenters. The van der Waals surface area contributed by atoms with Gasteiger partial charge in [0.1, 0.15) is 5.69 Å². The molecule has 0 aliphatic heterocycles. The van der Waals surface area contributed by atoms with Crippen molar-refractivity contribution in [3.63, 3.8) is 0 Å². The first kappa shape index (κ1) is 13.4. The van der Waals surface area contributed by atoms with Crippen molar-refractivity contribution in [2.75, 3.05) is 0 Å². The van der Waals surface area contributed by atoms with Gasteiger partial charge >= 0.3 is 5.97 Å². The van der Waals surface area contributed by atoms with Crippen LogP contribution in [0, 0.1) is 0 Å². The van der Waals surface area contributed by atoms with Crippen molar-refractivity contribution in [2.45, 2.75) is 19.8 Å². The van der Waals surface area contributed by atoms with Gasteiger partial charge in [0.2, 0.25) is 0 Å². The van der Waals surface area contributed by atoms with E-state index in [0.29, 0.717) is 17.1 Å². The third-order valence-electron chi connectivity index (χ3n) is 2.17. The van der Waals surface area contributed by atoms with E-state index in [0.717, 1.165) is 0 Å². The summed E-state index contributed by atoms with van der Waals surface area (Å²) in [6.45, 7) is 1.49. The monoisotopic (exact) mass is 253 g/mol.